The topological polar surface area (TPSA) is 84.5 Å². The van der Waals surface area contributed by atoms with Crippen molar-refractivity contribution in [3.63, 3.8) is 0 Å². The average Bonchev–Trinajstić information content (AvgIpc) is 2.58. The molecule has 0 unspecified atom stereocenters. The van der Waals surface area contributed by atoms with Gasteiger partial charge in [-0.2, -0.15) is 0 Å². The van der Waals surface area contributed by atoms with E-state index in [1.54, 1.807) is 18.2 Å². The zero-order chi connectivity index (χ0) is 19.1. The highest BCUT2D eigenvalue weighted by molar-refractivity contribution is 6.42. The Hall–Kier alpha value is -1.79. The Morgan fingerprint density at radius 3 is 2.50 bits per heavy atom. The predicted molar refractivity (Wildman–Crippen MR) is 99.3 cm³/mol. The molecule has 2 rings (SSSR count). The van der Waals surface area contributed by atoms with E-state index in [-0.39, 0.29) is 12.5 Å². The molecule has 6 nitrogen and oxygen atoms in total. The van der Waals surface area contributed by atoms with Crippen molar-refractivity contribution in [1.82, 2.24) is 10.6 Å². The zero-order valence-corrected chi connectivity index (χ0v) is 16.0. The lowest BCUT2D eigenvalue weighted by Gasteiger charge is -2.23. The first kappa shape index (κ1) is 20.5. The van der Waals surface area contributed by atoms with Gasteiger partial charge in [0, 0.05) is 6.04 Å². The van der Waals surface area contributed by atoms with Gasteiger partial charge in [-0.15, -0.1) is 0 Å². The minimum atomic E-state index is -1.08. The first-order chi connectivity index (χ1) is 12.3. The Morgan fingerprint density at radius 2 is 1.85 bits per heavy atom. The maximum Gasteiger partial charge on any atom is 0.321 e. The number of benzene rings is 1. The minimum absolute atomic E-state index is 0.0528. The maximum absolute atomic E-state index is 12.0. The SMILES string of the molecule is C[C@@H](OC(=O)Cc1ccc(Cl)c(Cl)c1)C(=O)NC(=O)NC1CCCCC1. The number of carbonyl (C=O) groups excluding carboxylic acids is 3. The third kappa shape index (κ3) is 6.50. The van der Waals surface area contributed by atoms with E-state index in [9.17, 15) is 14.4 Å². The molecule has 0 heterocycles. The lowest BCUT2D eigenvalue weighted by Crippen LogP contribution is -2.48. The monoisotopic (exact) mass is 400 g/mol. The Labute approximate surface area is 162 Å². The van der Waals surface area contributed by atoms with Crippen molar-refractivity contribution in [2.45, 2.75) is 57.6 Å². The fourth-order valence-electron chi connectivity index (χ4n) is 2.79. The van der Waals surface area contributed by atoms with Crippen molar-refractivity contribution in [1.29, 1.82) is 0 Å². The van der Waals surface area contributed by atoms with E-state index in [1.165, 1.54) is 13.3 Å². The highest BCUT2D eigenvalue weighted by Gasteiger charge is 2.22. The molecule has 3 amide bonds. The predicted octanol–water partition coefficient (Wildman–Crippen LogP) is 3.63. The summed E-state index contributed by atoms with van der Waals surface area (Å²) >= 11 is 11.7. The number of rotatable bonds is 5. The first-order valence-corrected chi connectivity index (χ1v) is 9.35. The van der Waals surface area contributed by atoms with Gasteiger partial charge in [-0.1, -0.05) is 48.5 Å². The van der Waals surface area contributed by atoms with Crippen LogP contribution in [0.25, 0.3) is 0 Å². The van der Waals surface area contributed by atoms with Gasteiger partial charge >= 0.3 is 12.0 Å². The van der Waals surface area contributed by atoms with Crippen molar-refractivity contribution in [3.05, 3.63) is 33.8 Å². The third-order valence-electron chi connectivity index (χ3n) is 4.19. The van der Waals surface area contributed by atoms with Gasteiger partial charge in [-0.3, -0.25) is 14.9 Å². The number of urea groups is 1. The second-order valence-corrected chi connectivity index (χ2v) is 7.17. The van der Waals surface area contributed by atoms with Crippen molar-refractivity contribution in [2.24, 2.45) is 0 Å². The highest BCUT2D eigenvalue weighted by atomic mass is 35.5. The van der Waals surface area contributed by atoms with Crippen LogP contribution in [0.5, 0.6) is 0 Å². The molecule has 0 aliphatic heterocycles. The van der Waals surface area contributed by atoms with Crippen molar-refractivity contribution < 1.29 is 19.1 Å². The second kappa shape index (κ2) is 9.78. The molecule has 8 heteroatoms. The molecule has 0 bridgehead atoms. The number of imide groups is 1. The van der Waals surface area contributed by atoms with Crippen molar-refractivity contribution in [2.75, 3.05) is 0 Å². The van der Waals surface area contributed by atoms with Gasteiger partial charge in [-0.25, -0.2) is 4.79 Å². The molecular weight excluding hydrogens is 379 g/mol. The van der Waals surface area contributed by atoms with E-state index in [1.807, 2.05) is 0 Å². The zero-order valence-electron chi connectivity index (χ0n) is 14.5. The maximum atomic E-state index is 12.0. The number of halogens is 2. The number of amides is 3. The smallest absolute Gasteiger partial charge is 0.321 e. The van der Waals surface area contributed by atoms with E-state index >= 15 is 0 Å². The van der Waals surface area contributed by atoms with E-state index < -0.39 is 24.0 Å². The number of esters is 1. The summed E-state index contributed by atoms with van der Waals surface area (Å²) in [6.07, 6.45) is 4.00. The molecule has 1 fully saturated rings. The van der Waals surface area contributed by atoms with Gasteiger partial charge in [0.25, 0.3) is 5.91 Å². The number of ether oxygens (including phenoxy) is 1. The largest absolute Gasteiger partial charge is 0.452 e. The minimum Gasteiger partial charge on any atom is -0.452 e. The van der Waals surface area contributed by atoms with Crippen LogP contribution in [-0.4, -0.2) is 30.1 Å². The van der Waals surface area contributed by atoms with Gasteiger partial charge in [0.15, 0.2) is 6.10 Å². The molecule has 0 radical (unpaired) electrons. The van der Waals surface area contributed by atoms with Crippen LogP contribution in [0.15, 0.2) is 18.2 Å². The molecule has 1 aromatic rings. The van der Waals surface area contributed by atoms with Gasteiger partial charge in [0.1, 0.15) is 0 Å². The fraction of sp³-hybridized carbons (Fsp3) is 0.500. The third-order valence-corrected chi connectivity index (χ3v) is 4.93. The number of hydrogen-bond donors (Lipinski definition) is 2. The molecular formula is C18H22Cl2N2O4. The standard InChI is InChI=1S/C18H22Cl2N2O4/c1-11(17(24)22-18(25)21-13-5-3-2-4-6-13)26-16(23)10-12-7-8-14(19)15(20)9-12/h7-9,11,13H,2-6,10H2,1H3,(H2,21,22,24,25)/t11-/m1/s1. The average molecular weight is 401 g/mol. The molecule has 26 heavy (non-hydrogen) atoms. The first-order valence-electron chi connectivity index (χ1n) is 8.60. The van der Waals surface area contributed by atoms with Gasteiger partial charge in [0.2, 0.25) is 0 Å². The molecule has 1 aromatic carbocycles. The number of hydrogen-bond acceptors (Lipinski definition) is 4. The molecule has 0 saturated heterocycles. The van der Waals surface area contributed by atoms with Crippen LogP contribution >= 0.6 is 23.2 Å². The number of nitrogens with one attached hydrogen (secondary N) is 2. The fourth-order valence-corrected chi connectivity index (χ4v) is 3.11. The normalized spacial score (nSPS) is 15.8. The Morgan fingerprint density at radius 1 is 1.15 bits per heavy atom. The molecule has 0 aromatic heterocycles. The van der Waals surface area contributed by atoms with Crippen molar-refractivity contribution >= 4 is 41.1 Å². The summed E-state index contributed by atoms with van der Waals surface area (Å²) in [5.41, 5.74) is 0.618. The van der Waals surface area contributed by atoms with E-state index in [4.69, 9.17) is 27.9 Å². The summed E-state index contributed by atoms with van der Waals surface area (Å²) in [5.74, 6) is -1.26. The van der Waals surface area contributed by atoms with Crippen LogP contribution in [-0.2, 0) is 20.7 Å². The molecule has 142 valence electrons. The van der Waals surface area contributed by atoms with Crippen LogP contribution in [0.3, 0.4) is 0 Å². The Kier molecular flexibility index (Phi) is 7.72. The molecule has 1 atom stereocenters. The molecule has 2 N–H and O–H groups in total. The van der Waals surface area contributed by atoms with E-state index in [0.29, 0.717) is 15.6 Å². The Balaban J connectivity index is 1.77. The van der Waals surface area contributed by atoms with Crippen LogP contribution in [0.1, 0.15) is 44.6 Å². The summed E-state index contributed by atoms with van der Waals surface area (Å²) in [5, 5.41) is 5.70. The summed E-state index contributed by atoms with van der Waals surface area (Å²) in [7, 11) is 0. The molecule has 1 aliphatic carbocycles. The van der Waals surface area contributed by atoms with Gasteiger partial charge in [-0.05, 0) is 37.5 Å². The molecule has 0 spiro atoms. The lowest BCUT2D eigenvalue weighted by molar-refractivity contribution is -0.153. The van der Waals surface area contributed by atoms with Crippen LogP contribution in [0, 0.1) is 0 Å². The molecule has 1 saturated carbocycles. The van der Waals surface area contributed by atoms with Crippen LogP contribution in [0.2, 0.25) is 10.0 Å². The van der Waals surface area contributed by atoms with Gasteiger partial charge in [0.05, 0.1) is 16.5 Å². The highest BCUT2D eigenvalue weighted by Crippen LogP contribution is 2.23. The lowest BCUT2D eigenvalue weighted by atomic mass is 9.96. The van der Waals surface area contributed by atoms with Gasteiger partial charge < -0.3 is 10.1 Å². The summed E-state index contributed by atoms with van der Waals surface area (Å²) < 4.78 is 5.07. The summed E-state index contributed by atoms with van der Waals surface area (Å²) in [6, 6.07) is 4.32. The summed E-state index contributed by atoms with van der Waals surface area (Å²) in [4.78, 5) is 35.8. The molecule has 1 aliphatic rings. The van der Waals surface area contributed by atoms with Crippen molar-refractivity contribution in [3.8, 4) is 0 Å². The second-order valence-electron chi connectivity index (χ2n) is 6.35. The van der Waals surface area contributed by atoms with Crippen LogP contribution < -0.4 is 10.6 Å². The van der Waals surface area contributed by atoms with E-state index in [0.717, 1.165) is 25.7 Å². The Bertz CT molecular complexity index is 675. The summed E-state index contributed by atoms with van der Waals surface area (Å²) in [6.45, 7) is 1.41. The van der Waals surface area contributed by atoms with E-state index in [2.05, 4.69) is 10.6 Å². The van der Waals surface area contributed by atoms with Crippen LogP contribution in [0.4, 0.5) is 4.79 Å². The quantitative estimate of drug-likeness (QED) is 0.738. The number of carbonyl (C=O) groups is 3.